The van der Waals surface area contributed by atoms with Gasteiger partial charge in [-0.3, -0.25) is 4.79 Å². The van der Waals surface area contributed by atoms with Crippen molar-refractivity contribution in [1.82, 2.24) is 0 Å². The second-order valence-corrected chi connectivity index (χ2v) is 4.75. The molecule has 0 unspecified atom stereocenters. The maximum absolute atomic E-state index is 11.6. The minimum Gasteiger partial charge on any atom is -0.493 e. The van der Waals surface area contributed by atoms with Crippen molar-refractivity contribution in [2.75, 3.05) is 12.3 Å². The van der Waals surface area contributed by atoms with Crippen molar-refractivity contribution < 1.29 is 14.3 Å². The Labute approximate surface area is 124 Å². The molecule has 0 aliphatic carbocycles. The molecule has 0 aromatic heterocycles. The lowest BCUT2D eigenvalue weighted by molar-refractivity contribution is -0.145. The zero-order valence-electron chi connectivity index (χ0n) is 12.0. The smallest absolute Gasteiger partial charge is 0.309 e. The molecule has 2 aromatic carbocycles. The first kappa shape index (κ1) is 14.9. The van der Waals surface area contributed by atoms with E-state index in [1.54, 1.807) is 24.3 Å². The predicted octanol–water partition coefficient (Wildman–Crippen LogP) is 3.09. The zero-order valence-corrected chi connectivity index (χ0v) is 12.0. The summed E-state index contributed by atoms with van der Waals surface area (Å²) in [5.41, 5.74) is 8.39. The molecule has 0 heterocycles. The van der Waals surface area contributed by atoms with Gasteiger partial charge in [0.2, 0.25) is 0 Å². The molecule has 0 spiro atoms. The largest absolute Gasteiger partial charge is 0.493 e. The first-order valence-corrected chi connectivity index (χ1v) is 6.83. The van der Waals surface area contributed by atoms with Crippen LogP contribution in [0.5, 0.6) is 5.75 Å². The number of esters is 1. The van der Waals surface area contributed by atoms with Crippen molar-refractivity contribution in [3.8, 4) is 5.75 Å². The van der Waals surface area contributed by atoms with Crippen molar-refractivity contribution in [3.05, 3.63) is 59.7 Å². The van der Waals surface area contributed by atoms with Crippen molar-refractivity contribution in [2.45, 2.75) is 20.0 Å². The van der Waals surface area contributed by atoms with Gasteiger partial charge in [0.15, 0.2) is 0 Å². The van der Waals surface area contributed by atoms with E-state index in [2.05, 4.69) is 0 Å². The summed E-state index contributed by atoms with van der Waals surface area (Å²) >= 11 is 0. The van der Waals surface area contributed by atoms with E-state index in [0.717, 1.165) is 11.1 Å². The molecule has 2 N–H and O–H groups in total. The number of nitrogens with two attached hydrogens (primary N) is 1. The summed E-state index contributed by atoms with van der Waals surface area (Å²) in [6, 6.07) is 14.9. The van der Waals surface area contributed by atoms with E-state index in [1.807, 2.05) is 31.2 Å². The van der Waals surface area contributed by atoms with Crippen LogP contribution in [0.1, 0.15) is 17.5 Å². The number of anilines is 1. The van der Waals surface area contributed by atoms with E-state index < -0.39 is 0 Å². The van der Waals surface area contributed by atoms with Crippen LogP contribution in [-0.4, -0.2) is 12.6 Å². The van der Waals surface area contributed by atoms with E-state index >= 15 is 0 Å². The van der Waals surface area contributed by atoms with Gasteiger partial charge in [0, 0.05) is 5.69 Å². The summed E-state index contributed by atoms with van der Waals surface area (Å²) in [6.45, 7) is 2.58. The molecule has 4 nitrogen and oxygen atoms in total. The van der Waals surface area contributed by atoms with Crippen molar-refractivity contribution >= 4 is 11.7 Å². The number of ether oxygens (including phenoxy) is 2. The summed E-state index contributed by atoms with van der Waals surface area (Å²) < 4.78 is 10.7. The highest BCUT2D eigenvalue weighted by molar-refractivity contribution is 5.69. The number of carbonyl (C=O) groups excluding carboxylic acids is 1. The minimum atomic E-state index is -0.270. The summed E-state index contributed by atoms with van der Waals surface area (Å²) in [4.78, 5) is 11.6. The molecule has 0 amide bonds. The van der Waals surface area contributed by atoms with E-state index in [-0.39, 0.29) is 19.0 Å². The molecule has 4 heteroatoms. The molecule has 2 aromatic rings. The van der Waals surface area contributed by atoms with E-state index in [4.69, 9.17) is 15.2 Å². The standard InChI is InChI=1S/C17H19NO3/c1-13-4-2-3-5-14(13)12-21-17(19)10-11-20-16-8-6-15(18)7-9-16/h2-9H,10-12,18H2,1H3. The third-order valence-electron chi connectivity index (χ3n) is 3.10. The van der Waals surface area contributed by atoms with Gasteiger partial charge in [-0.1, -0.05) is 24.3 Å². The fraction of sp³-hybridized carbons (Fsp3) is 0.235. The molecule has 0 atom stereocenters. The second-order valence-electron chi connectivity index (χ2n) is 4.75. The molecule has 0 saturated carbocycles. The van der Waals surface area contributed by atoms with Crippen LogP contribution in [0.15, 0.2) is 48.5 Å². The molecular formula is C17H19NO3. The summed E-state index contributed by atoms with van der Waals surface area (Å²) in [5, 5.41) is 0. The number of benzene rings is 2. The maximum Gasteiger partial charge on any atom is 0.309 e. The molecule has 0 aliphatic rings. The first-order chi connectivity index (χ1) is 10.1. The molecular weight excluding hydrogens is 266 g/mol. The third-order valence-corrected chi connectivity index (χ3v) is 3.10. The number of carbonyl (C=O) groups is 1. The van der Waals surface area contributed by atoms with Crippen LogP contribution in [0, 0.1) is 6.92 Å². The van der Waals surface area contributed by atoms with Gasteiger partial charge < -0.3 is 15.2 Å². The Morgan fingerprint density at radius 1 is 1.10 bits per heavy atom. The van der Waals surface area contributed by atoms with Gasteiger partial charge in [0.1, 0.15) is 12.4 Å². The van der Waals surface area contributed by atoms with Gasteiger partial charge in [-0.2, -0.15) is 0 Å². The van der Waals surface area contributed by atoms with Gasteiger partial charge in [-0.15, -0.1) is 0 Å². The minimum absolute atomic E-state index is 0.219. The Kier molecular flexibility index (Phi) is 5.21. The third kappa shape index (κ3) is 4.84. The quantitative estimate of drug-likeness (QED) is 0.654. The van der Waals surface area contributed by atoms with Gasteiger partial charge in [-0.25, -0.2) is 0 Å². The van der Waals surface area contributed by atoms with Crippen molar-refractivity contribution in [1.29, 1.82) is 0 Å². The maximum atomic E-state index is 11.6. The summed E-state index contributed by atoms with van der Waals surface area (Å²) in [7, 11) is 0. The van der Waals surface area contributed by atoms with Crippen molar-refractivity contribution in [2.24, 2.45) is 0 Å². The summed E-state index contributed by atoms with van der Waals surface area (Å²) in [5.74, 6) is 0.421. The molecule has 21 heavy (non-hydrogen) atoms. The average molecular weight is 285 g/mol. The number of hydrogen-bond acceptors (Lipinski definition) is 4. The Balaban J connectivity index is 1.70. The number of rotatable bonds is 6. The topological polar surface area (TPSA) is 61.5 Å². The Hall–Kier alpha value is -2.49. The normalized spacial score (nSPS) is 10.1. The molecule has 0 bridgehead atoms. The lowest BCUT2D eigenvalue weighted by atomic mass is 10.1. The lowest BCUT2D eigenvalue weighted by Crippen LogP contribution is -2.10. The molecule has 2 rings (SSSR count). The predicted molar refractivity (Wildman–Crippen MR) is 81.9 cm³/mol. The van der Waals surface area contributed by atoms with Crippen LogP contribution in [0.2, 0.25) is 0 Å². The zero-order chi connectivity index (χ0) is 15.1. The Morgan fingerprint density at radius 3 is 2.52 bits per heavy atom. The molecule has 110 valence electrons. The molecule has 0 fully saturated rings. The highest BCUT2D eigenvalue weighted by Crippen LogP contribution is 2.13. The van der Waals surface area contributed by atoms with Crippen LogP contribution in [0.25, 0.3) is 0 Å². The fourth-order valence-electron chi connectivity index (χ4n) is 1.82. The molecule has 0 aliphatic heterocycles. The Morgan fingerprint density at radius 2 is 1.81 bits per heavy atom. The van der Waals surface area contributed by atoms with Gasteiger partial charge in [-0.05, 0) is 42.3 Å². The monoisotopic (exact) mass is 285 g/mol. The van der Waals surface area contributed by atoms with Crippen LogP contribution in [0.4, 0.5) is 5.69 Å². The highest BCUT2D eigenvalue weighted by Gasteiger charge is 2.05. The number of nitrogen functional groups attached to an aromatic ring is 1. The van der Waals surface area contributed by atoms with Crippen molar-refractivity contribution in [3.63, 3.8) is 0 Å². The first-order valence-electron chi connectivity index (χ1n) is 6.83. The number of hydrogen-bond donors (Lipinski definition) is 1. The average Bonchev–Trinajstić information content (AvgIpc) is 2.48. The van der Waals surface area contributed by atoms with Gasteiger partial charge in [0.25, 0.3) is 0 Å². The lowest BCUT2D eigenvalue weighted by Gasteiger charge is -2.08. The van der Waals surface area contributed by atoms with Gasteiger partial charge >= 0.3 is 5.97 Å². The van der Waals surface area contributed by atoms with E-state index in [9.17, 15) is 4.79 Å². The van der Waals surface area contributed by atoms with Crippen LogP contribution < -0.4 is 10.5 Å². The van der Waals surface area contributed by atoms with Crippen LogP contribution in [0.3, 0.4) is 0 Å². The Bertz CT molecular complexity index is 593. The van der Waals surface area contributed by atoms with Crippen LogP contribution >= 0.6 is 0 Å². The van der Waals surface area contributed by atoms with E-state index in [1.165, 1.54) is 0 Å². The SMILES string of the molecule is Cc1ccccc1COC(=O)CCOc1ccc(N)cc1. The molecule has 0 radical (unpaired) electrons. The second kappa shape index (κ2) is 7.33. The number of aryl methyl sites for hydroxylation is 1. The highest BCUT2D eigenvalue weighted by atomic mass is 16.5. The molecule has 0 saturated heterocycles. The fourth-order valence-corrected chi connectivity index (χ4v) is 1.82. The van der Waals surface area contributed by atoms with Crippen LogP contribution in [-0.2, 0) is 16.1 Å². The van der Waals surface area contributed by atoms with E-state index in [0.29, 0.717) is 18.0 Å². The van der Waals surface area contributed by atoms with Gasteiger partial charge in [0.05, 0.1) is 13.0 Å². The summed E-state index contributed by atoms with van der Waals surface area (Å²) in [6.07, 6.45) is 0.219.